The Labute approximate surface area is 176 Å². The van der Waals surface area contributed by atoms with Gasteiger partial charge in [0.05, 0.1) is 11.3 Å². The van der Waals surface area contributed by atoms with Crippen molar-refractivity contribution in [1.82, 2.24) is 0 Å². The van der Waals surface area contributed by atoms with Gasteiger partial charge in [0.15, 0.2) is 11.6 Å². The number of nitrogens with zero attached hydrogens (tertiary/aromatic N) is 1. The van der Waals surface area contributed by atoms with Crippen LogP contribution in [0.2, 0.25) is 0 Å². The minimum Gasteiger partial charge on any atom is -0.350 e. The van der Waals surface area contributed by atoms with E-state index in [9.17, 15) is 22.8 Å². The molecule has 0 saturated carbocycles. The Kier molecular flexibility index (Phi) is 5.10. The topological polar surface area (TPSA) is 49.4 Å². The number of hydrogen-bond acceptors (Lipinski definition) is 3. The predicted octanol–water partition coefficient (Wildman–Crippen LogP) is 5.12. The summed E-state index contributed by atoms with van der Waals surface area (Å²) in [6.07, 6.45) is 0. The van der Waals surface area contributed by atoms with Crippen LogP contribution in [0.3, 0.4) is 0 Å². The van der Waals surface area contributed by atoms with Gasteiger partial charge in [-0.15, -0.1) is 0 Å². The number of imide groups is 1. The second-order valence-corrected chi connectivity index (χ2v) is 7.23. The molecular formula is C24H17F3N2O2. The zero-order valence-electron chi connectivity index (χ0n) is 16.7. The molecule has 0 bridgehead atoms. The Morgan fingerprint density at radius 1 is 0.742 bits per heavy atom. The molecule has 31 heavy (non-hydrogen) atoms. The molecule has 0 spiro atoms. The zero-order chi connectivity index (χ0) is 22.3. The van der Waals surface area contributed by atoms with Gasteiger partial charge < -0.3 is 5.32 Å². The second kappa shape index (κ2) is 7.75. The SMILES string of the molecule is Cc1ccc(N2C(=O)C(Nc3ccc(F)c(F)c3)=C(c3ccc(F)cc3)C2=O)cc1C. The predicted molar refractivity (Wildman–Crippen MR) is 112 cm³/mol. The summed E-state index contributed by atoms with van der Waals surface area (Å²) in [6, 6.07) is 13.3. The van der Waals surface area contributed by atoms with Crippen molar-refractivity contribution in [3.63, 3.8) is 0 Å². The van der Waals surface area contributed by atoms with E-state index in [4.69, 9.17) is 0 Å². The quantitative estimate of drug-likeness (QED) is 0.594. The van der Waals surface area contributed by atoms with Crippen LogP contribution < -0.4 is 10.2 Å². The lowest BCUT2D eigenvalue weighted by Gasteiger charge is -2.17. The van der Waals surface area contributed by atoms with E-state index < -0.39 is 29.3 Å². The Bertz CT molecular complexity index is 1250. The van der Waals surface area contributed by atoms with Crippen LogP contribution in [0.1, 0.15) is 16.7 Å². The van der Waals surface area contributed by atoms with Gasteiger partial charge in [-0.05, 0) is 66.9 Å². The number of carbonyl (C=O) groups excluding carboxylic acids is 2. The van der Waals surface area contributed by atoms with E-state index in [0.29, 0.717) is 11.3 Å². The van der Waals surface area contributed by atoms with E-state index in [1.165, 1.54) is 30.3 Å². The van der Waals surface area contributed by atoms with Gasteiger partial charge in [-0.25, -0.2) is 18.1 Å². The molecule has 1 aliphatic rings. The molecule has 0 saturated heterocycles. The number of amides is 2. The van der Waals surface area contributed by atoms with Gasteiger partial charge in [-0.3, -0.25) is 9.59 Å². The number of anilines is 2. The summed E-state index contributed by atoms with van der Waals surface area (Å²) in [5, 5.41) is 2.75. The van der Waals surface area contributed by atoms with E-state index >= 15 is 0 Å². The summed E-state index contributed by atoms with van der Waals surface area (Å²) in [7, 11) is 0. The number of aryl methyl sites for hydroxylation is 2. The summed E-state index contributed by atoms with van der Waals surface area (Å²) in [4.78, 5) is 27.6. The monoisotopic (exact) mass is 422 g/mol. The molecule has 156 valence electrons. The first-order valence-electron chi connectivity index (χ1n) is 9.44. The highest BCUT2D eigenvalue weighted by Gasteiger charge is 2.40. The molecule has 7 heteroatoms. The Hall–Kier alpha value is -3.87. The van der Waals surface area contributed by atoms with Crippen molar-refractivity contribution in [2.75, 3.05) is 10.2 Å². The molecule has 3 aromatic carbocycles. The van der Waals surface area contributed by atoms with Crippen LogP contribution in [0, 0.1) is 31.3 Å². The van der Waals surface area contributed by atoms with Crippen molar-refractivity contribution >= 4 is 28.8 Å². The standard InChI is InChI=1S/C24H17F3N2O2/c1-13-3-9-18(11-14(13)2)29-23(30)21(15-4-6-16(25)7-5-15)22(24(29)31)28-17-8-10-19(26)20(27)12-17/h3-12,28H,1-2H3. The van der Waals surface area contributed by atoms with E-state index in [0.717, 1.165) is 28.2 Å². The zero-order valence-corrected chi connectivity index (χ0v) is 16.7. The smallest absolute Gasteiger partial charge is 0.282 e. The highest BCUT2D eigenvalue weighted by molar-refractivity contribution is 6.46. The highest BCUT2D eigenvalue weighted by atomic mass is 19.2. The molecule has 0 aromatic heterocycles. The summed E-state index contributed by atoms with van der Waals surface area (Å²) in [6.45, 7) is 3.77. The van der Waals surface area contributed by atoms with Crippen LogP contribution in [0.4, 0.5) is 24.5 Å². The van der Waals surface area contributed by atoms with E-state index in [1.807, 2.05) is 13.8 Å². The summed E-state index contributed by atoms with van der Waals surface area (Å²) < 4.78 is 40.4. The average Bonchev–Trinajstić information content (AvgIpc) is 2.97. The second-order valence-electron chi connectivity index (χ2n) is 7.23. The summed E-state index contributed by atoms with van der Waals surface area (Å²) in [5.41, 5.74) is 2.57. The maximum absolute atomic E-state index is 13.7. The summed E-state index contributed by atoms with van der Waals surface area (Å²) >= 11 is 0. The Balaban J connectivity index is 1.83. The maximum atomic E-state index is 13.7. The van der Waals surface area contributed by atoms with Gasteiger partial charge in [-0.2, -0.15) is 0 Å². The Morgan fingerprint density at radius 3 is 2.10 bits per heavy atom. The fourth-order valence-electron chi connectivity index (χ4n) is 3.35. The van der Waals surface area contributed by atoms with Gasteiger partial charge in [0.25, 0.3) is 11.8 Å². The van der Waals surface area contributed by atoms with Gasteiger partial charge in [0.2, 0.25) is 0 Å². The number of hydrogen-bond donors (Lipinski definition) is 1. The number of carbonyl (C=O) groups is 2. The van der Waals surface area contributed by atoms with Crippen molar-refractivity contribution in [2.45, 2.75) is 13.8 Å². The third-order valence-corrected chi connectivity index (χ3v) is 5.15. The van der Waals surface area contributed by atoms with Crippen LogP contribution in [0.15, 0.2) is 66.4 Å². The number of nitrogens with one attached hydrogen (secondary N) is 1. The third kappa shape index (κ3) is 3.70. The number of halogens is 3. The maximum Gasteiger partial charge on any atom is 0.282 e. The number of benzene rings is 3. The van der Waals surface area contributed by atoms with Crippen molar-refractivity contribution in [3.05, 3.63) is 101 Å². The van der Waals surface area contributed by atoms with E-state index in [2.05, 4.69) is 5.32 Å². The van der Waals surface area contributed by atoms with Gasteiger partial charge >= 0.3 is 0 Å². The van der Waals surface area contributed by atoms with Crippen molar-refractivity contribution in [2.24, 2.45) is 0 Å². The first-order chi connectivity index (χ1) is 14.8. The van der Waals surface area contributed by atoms with Crippen LogP contribution in [0.25, 0.3) is 5.57 Å². The van der Waals surface area contributed by atoms with Crippen molar-refractivity contribution < 1.29 is 22.8 Å². The third-order valence-electron chi connectivity index (χ3n) is 5.15. The lowest BCUT2D eigenvalue weighted by Crippen LogP contribution is -2.32. The fourth-order valence-corrected chi connectivity index (χ4v) is 3.35. The van der Waals surface area contributed by atoms with E-state index in [-0.39, 0.29) is 17.0 Å². The molecule has 4 rings (SSSR count). The average molecular weight is 422 g/mol. The molecule has 4 nitrogen and oxygen atoms in total. The first kappa shape index (κ1) is 20.4. The van der Waals surface area contributed by atoms with Crippen LogP contribution in [-0.4, -0.2) is 11.8 Å². The van der Waals surface area contributed by atoms with E-state index in [1.54, 1.807) is 18.2 Å². The molecule has 3 aromatic rings. The van der Waals surface area contributed by atoms with Crippen LogP contribution in [0.5, 0.6) is 0 Å². The molecule has 2 amide bonds. The highest BCUT2D eigenvalue weighted by Crippen LogP contribution is 2.34. The first-order valence-corrected chi connectivity index (χ1v) is 9.44. The molecule has 0 fully saturated rings. The fraction of sp³-hybridized carbons (Fsp3) is 0.0833. The van der Waals surface area contributed by atoms with Gasteiger partial charge in [0.1, 0.15) is 11.5 Å². The molecule has 0 aliphatic carbocycles. The molecular weight excluding hydrogens is 405 g/mol. The summed E-state index contributed by atoms with van der Waals surface area (Å²) in [5.74, 6) is -3.90. The van der Waals surface area contributed by atoms with Crippen LogP contribution in [-0.2, 0) is 9.59 Å². The van der Waals surface area contributed by atoms with Crippen molar-refractivity contribution in [1.29, 1.82) is 0 Å². The normalized spacial score (nSPS) is 13.9. The largest absolute Gasteiger partial charge is 0.350 e. The molecule has 1 heterocycles. The van der Waals surface area contributed by atoms with Crippen molar-refractivity contribution in [3.8, 4) is 0 Å². The molecule has 1 N–H and O–H groups in total. The molecule has 0 unspecified atom stereocenters. The number of rotatable bonds is 4. The molecule has 0 atom stereocenters. The van der Waals surface area contributed by atoms with Gasteiger partial charge in [0, 0.05) is 11.8 Å². The van der Waals surface area contributed by atoms with Crippen LogP contribution >= 0.6 is 0 Å². The molecule has 0 radical (unpaired) electrons. The molecule has 1 aliphatic heterocycles. The van der Waals surface area contributed by atoms with Gasteiger partial charge in [-0.1, -0.05) is 18.2 Å². The lowest BCUT2D eigenvalue weighted by molar-refractivity contribution is -0.120. The minimum absolute atomic E-state index is 0.00737. The minimum atomic E-state index is -1.10. The lowest BCUT2D eigenvalue weighted by atomic mass is 10.0. The Morgan fingerprint density at radius 2 is 1.45 bits per heavy atom.